The van der Waals surface area contributed by atoms with Gasteiger partial charge in [-0.25, -0.2) is 0 Å². The van der Waals surface area contributed by atoms with Gasteiger partial charge in [0.2, 0.25) is 0 Å². The highest BCUT2D eigenvalue weighted by Crippen LogP contribution is 2.22. The minimum absolute atomic E-state index is 0.819. The minimum Gasteiger partial charge on any atom is -0.496 e. The van der Waals surface area contributed by atoms with Gasteiger partial charge in [0.25, 0.3) is 0 Å². The molecule has 1 N–H and O–H groups in total. The minimum atomic E-state index is 0.819. The maximum absolute atomic E-state index is 5.31. The summed E-state index contributed by atoms with van der Waals surface area (Å²) in [5, 5.41) is 3.42. The van der Waals surface area contributed by atoms with E-state index in [2.05, 4.69) is 39.4 Å². The van der Waals surface area contributed by atoms with Crippen LogP contribution in [0.1, 0.15) is 10.4 Å². The summed E-state index contributed by atoms with van der Waals surface area (Å²) in [6.45, 7) is 1.70. The Morgan fingerprint density at radius 3 is 2.71 bits per heavy atom. The van der Waals surface area contributed by atoms with Crippen LogP contribution in [0.2, 0.25) is 0 Å². The lowest BCUT2D eigenvalue weighted by atomic mass is 10.2. The van der Waals surface area contributed by atoms with Crippen molar-refractivity contribution in [2.24, 2.45) is 0 Å². The number of benzene rings is 1. The number of para-hydroxylation sites is 1. The summed E-state index contributed by atoms with van der Waals surface area (Å²) in [7, 11) is 1.70. The third-order valence-electron chi connectivity index (χ3n) is 2.44. The van der Waals surface area contributed by atoms with Gasteiger partial charge in [0.15, 0.2) is 0 Å². The fourth-order valence-electron chi connectivity index (χ4n) is 1.62. The summed E-state index contributed by atoms with van der Waals surface area (Å²) >= 11 is 5.22. The number of rotatable bonds is 5. The third-order valence-corrected chi connectivity index (χ3v) is 4.06. The second-order valence-corrected chi connectivity index (χ2v) is 6.17. The van der Waals surface area contributed by atoms with E-state index in [0.717, 1.165) is 18.8 Å². The summed E-state index contributed by atoms with van der Waals surface area (Å²) in [6.07, 6.45) is 0. The summed E-state index contributed by atoms with van der Waals surface area (Å²) in [6, 6.07) is 12.3. The highest BCUT2D eigenvalue weighted by atomic mass is 79.9. The molecule has 0 radical (unpaired) electrons. The van der Waals surface area contributed by atoms with E-state index in [1.165, 1.54) is 14.2 Å². The van der Waals surface area contributed by atoms with Gasteiger partial charge in [0, 0.05) is 23.5 Å². The number of hydrogen-bond acceptors (Lipinski definition) is 3. The molecule has 0 unspecified atom stereocenters. The van der Waals surface area contributed by atoms with Crippen LogP contribution < -0.4 is 10.1 Å². The molecule has 0 aliphatic rings. The summed E-state index contributed by atoms with van der Waals surface area (Å²) in [4.78, 5) is 1.33. The van der Waals surface area contributed by atoms with Gasteiger partial charge in [0.1, 0.15) is 5.75 Å². The average Bonchev–Trinajstić information content (AvgIpc) is 2.76. The Morgan fingerprint density at radius 2 is 2.00 bits per heavy atom. The molecule has 0 bridgehead atoms. The highest BCUT2D eigenvalue weighted by Gasteiger charge is 2.01. The molecule has 0 saturated heterocycles. The first-order valence-corrected chi connectivity index (χ1v) is 6.97. The van der Waals surface area contributed by atoms with Crippen molar-refractivity contribution in [3.63, 3.8) is 0 Å². The molecule has 1 heterocycles. The molecule has 17 heavy (non-hydrogen) atoms. The van der Waals surface area contributed by atoms with E-state index in [0.29, 0.717) is 0 Å². The molecule has 2 nitrogen and oxygen atoms in total. The van der Waals surface area contributed by atoms with Crippen molar-refractivity contribution in [2.45, 2.75) is 13.1 Å². The van der Waals surface area contributed by atoms with Crippen LogP contribution in [0.3, 0.4) is 0 Å². The molecule has 2 aromatic rings. The second kappa shape index (κ2) is 6.19. The topological polar surface area (TPSA) is 21.3 Å². The number of methoxy groups -OCH3 is 1. The molecule has 0 saturated carbocycles. The van der Waals surface area contributed by atoms with Crippen molar-refractivity contribution in [1.82, 2.24) is 5.32 Å². The molecule has 1 aromatic heterocycles. The van der Waals surface area contributed by atoms with Crippen LogP contribution in [0.15, 0.2) is 40.2 Å². The first-order valence-electron chi connectivity index (χ1n) is 5.36. The predicted octanol–water partition coefficient (Wildman–Crippen LogP) is 3.81. The predicted molar refractivity (Wildman–Crippen MR) is 75.6 cm³/mol. The van der Waals surface area contributed by atoms with Crippen LogP contribution in [0, 0.1) is 0 Å². The monoisotopic (exact) mass is 311 g/mol. The van der Waals surface area contributed by atoms with Gasteiger partial charge in [-0.2, -0.15) is 0 Å². The summed E-state index contributed by atoms with van der Waals surface area (Å²) < 4.78 is 6.48. The van der Waals surface area contributed by atoms with Crippen LogP contribution in [-0.2, 0) is 13.1 Å². The van der Waals surface area contributed by atoms with Gasteiger partial charge in [-0.1, -0.05) is 18.2 Å². The fourth-order valence-corrected chi connectivity index (χ4v) is 3.07. The summed E-state index contributed by atoms with van der Waals surface area (Å²) in [5.41, 5.74) is 1.19. The number of thiophene rings is 1. The zero-order chi connectivity index (χ0) is 12.1. The zero-order valence-corrected chi connectivity index (χ0v) is 12.0. The number of ether oxygens (including phenoxy) is 1. The Hall–Kier alpha value is -0.840. The van der Waals surface area contributed by atoms with Crippen molar-refractivity contribution >= 4 is 27.3 Å². The van der Waals surface area contributed by atoms with Gasteiger partial charge < -0.3 is 10.1 Å². The standard InChI is InChI=1S/C13H14BrNOS/c1-16-12-5-3-2-4-10(12)8-15-9-11-6-7-13(14)17-11/h2-7,15H,8-9H2,1H3. The lowest BCUT2D eigenvalue weighted by Gasteiger charge is -2.08. The Bertz CT molecular complexity index is 484. The Labute approximate surface area is 114 Å². The first-order chi connectivity index (χ1) is 8.29. The molecule has 0 aliphatic heterocycles. The average molecular weight is 312 g/mol. The van der Waals surface area contributed by atoms with Gasteiger partial charge in [-0.3, -0.25) is 0 Å². The SMILES string of the molecule is COc1ccccc1CNCc1ccc(Br)s1. The van der Waals surface area contributed by atoms with Crippen molar-refractivity contribution in [3.05, 3.63) is 50.6 Å². The van der Waals surface area contributed by atoms with E-state index in [-0.39, 0.29) is 0 Å². The van der Waals surface area contributed by atoms with Gasteiger partial charge in [-0.15, -0.1) is 11.3 Å². The van der Waals surface area contributed by atoms with Crippen LogP contribution >= 0.6 is 27.3 Å². The van der Waals surface area contributed by atoms with E-state index in [9.17, 15) is 0 Å². The smallest absolute Gasteiger partial charge is 0.123 e. The summed E-state index contributed by atoms with van der Waals surface area (Å²) in [5.74, 6) is 0.937. The van der Waals surface area contributed by atoms with Crippen LogP contribution in [0.4, 0.5) is 0 Å². The number of nitrogens with one attached hydrogen (secondary N) is 1. The third kappa shape index (κ3) is 3.56. The van der Waals surface area contributed by atoms with Crippen molar-refractivity contribution in [3.8, 4) is 5.75 Å². The lowest BCUT2D eigenvalue weighted by molar-refractivity contribution is 0.407. The quantitative estimate of drug-likeness (QED) is 0.906. The maximum atomic E-state index is 5.31. The molecular formula is C13H14BrNOS. The maximum Gasteiger partial charge on any atom is 0.123 e. The zero-order valence-electron chi connectivity index (χ0n) is 9.57. The highest BCUT2D eigenvalue weighted by molar-refractivity contribution is 9.11. The van der Waals surface area contributed by atoms with Crippen LogP contribution in [0.25, 0.3) is 0 Å². The Kier molecular flexibility index (Phi) is 4.59. The first kappa shape index (κ1) is 12.6. The fraction of sp³-hybridized carbons (Fsp3) is 0.231. The Balaban J connectivity index is 1.89. The molecule has 90 valence electrons. The number of hydrogen-bond donors (Lipinski definition) is 1. The molecule has 0 spiro atoms. The van der Waals surface area contributed by atoms with E-state index in [1.54, 1.807) is 18.4 Å². The van der Waals surface area contributed by atoms with Crippen LogP contribution in [-0.4, -0.2) is 7.11 Å². The molecule has 0 fully saturated rings. The van der Waals surface area contributed by atoms with Crippen molar-refractivity contribution < 1.29 is 4.74 Å². The van der Waals surface area contributed by atoms with Crippen molar-refractivity contribution in [2.75, 3.05) is 7.11 Å². The van der Waals surface area contributed by atoms with E-state index in [4.69, 9.17) is 4.74 Å². The molecule has 0 aliphatic carbocycles. The van der Waals surface area contributed by atoms with Gasteiger partial charge >= 0.3 is 0 Å². The largest absolute Gasteiger partial charge is 0.496 e. The van der Waals surface area contributed by atoms with Crippen LogP contribution in [0.5, 0.6) is 5.75 Å². The van der Waals surface area contributed by atoms with E-state index < -0.39 is 0 Å². The second-order valence-electron chi connectivity index (χ2n) is 3.62. The van der Waals surface area contributed by atoms with Gasteiger partial charge in [0.05, 0.1) is 10.9 Å². The molecule has 1 aromatic carbocycles. The molecular weight excluding hydrogens is 298 g/mol. The normalized spacial score (nSPS) is 10.5. The lowest BCUT2D eigenvalue weighted by Crippen LogP contribution is -2.12. The molecule has 2 rings (SSSR count). The number of halogens is 1. The van der Waals surface area contributed by atoms with Gasteiger partial charge in [-0.05, 0) is 34.1 Å². The molecule has 0 amide bonds. The Morgan fingerprint density at radius 1 is 1.18 bits per heavy atom. The van der Waals surface area contributed by atoms with E-state index in [1.807, 2.05) is 18.2 Å². The molecule has 0 atom stereocenters. The van der Waals surface area contributed by atoms with Crippen molar-refractivity contribution in [1.29, 1.82) is 0 Å². The van der Waals surface area contributed by atoms with E-state index >= 15 is 0 Å². The molecule has 4 heteroatoms.